The summed E-state index contributed by atoms with van der Waals surface area (Å²) in [4.78, 5) is 0. The molecule has 830 valence electrons. The smallest absolute Gasteiger partial charge is 0.388 e. The zero-order valence-electron chi connectivity index (χ0n) is 96.9. The second-order valence-corrected chi connectivity index (χ2v) is 137. The van der Waals surface area contributed by atoms with Gasteiger partial charge in [0.1, 0.15) is 0 Å². The maximum absolute atomic E-state index is 7.89. The van der Waals surface area contributed by atoms with Crippen LogP contribution in [0.4, 0.5) is 0 Å². The maximum atomic E-state index is 7.89. The minimum absolute atomic E-state index is 0. The molecule has 0 aliphatic heterocycles. The molecule has 0 spiro atoms. The van der Waals surface area contributed by atoms with Crippen LogP contribution in [0.25, 0.3) is 0 Å². The zero-order chi connectivity index (χ0) is 103. The van der Waals surface area contributed by atoms with Crippen LogP contribution in [0.5, 0.6) is 0 Å². The molecule has 2 aliphatic carbocycles. The van der Waals surface area contributed by atoms with Crippen LogP contribution in [0.2, 0.25) is 324 Å². The average Bonchev–Trinajstić information content (AvgIpc) is 1.35. The Hall–Kier alpha value is 2.35. The monoisotopic (exact) mass is 2300 g/mol. The van der Waals surface area contributed by atoms with Crippen molar-refractivity contribution in [1.82, 2.24) is 0 Å². The molecule has 2 aromatic rings. The highest BCUT2D eigenvalue weighted by molar-refractivity contribution is 7.03. The molecule has 2 aromatic carbocycles. The number of hydrogen-bond acceptors (Lipinski definition) is 16. The maximum Gasteiger partial charge on any atom is 0.388 e. The van der Waals surface area contributed by atoms with E-state index in [1.165, 1.54) is 31.7 Å². The summed E-state index contributed by atoms with van der Waals surface area (Å²) in [6, 6.07) is 28.2. The first kappa shape index (κ1) is 153. The Morgan fingerprint density at radius 3 is 0.696 bits per heavy atom. The van der Waals surface area contributed by atoms with E-state index in [1.807, 2.05) is 0 Å². The summed E-state index contributed by atoms with van der Waals surface area (Å²) >= 11 is 0. The van der Waals surface area contributed by atoms with E-state index in [0.717, 1.165) is 159 Å². The summed E-state index contributed by atoms with van der Waals surface area (Å²) in [6.45, 7) is 118. The second-order valence-electron chi connectivity index (χ2n) is 51.7. The Labute approximate surface area is 888 Å². The summed E-state index contributed by atoms with van der Waals surface area (Å²) in [5.74, 6) is 6.10. The molecule has 2 aliphatic rings. The molecule has 2 saturated carbocycles. The number of fused-ring (bicyclic) bond motifs is 2. The Morgan fingerprint density at radius 1 is 0.239 bits per heavy atom. The van der Waals surface area contributed by atoms with Crippen molar-refractivity contribution in [2.45, 2.75) is 546 Å². The molecule has 0 N–H and O–H groups in total. The highest BCUT2D eigenvalue weighted by atomic mass is 28.5. The Balaban J connectivity index is -0.000000399. The van der Waals surface area contributed by atoms with Crippen molar-refractivity contribution >= 4 is 188 Å². The molecule has 138 heavy (non-hydrogen) atoms. The first-order valence-electron chi connectivity index (χ1n) is 52.5. The number of benzene rings is 2. The van der Waals surface area contributed by atoms with Crippen LogP contribution in [0.15, 0.2) is 60.7 Å². The molecule has 0 radical (unpaired) electrons. The lowest BCUT2D eigenvalue weighted by Gasteiger charge is -2.48. The fraction of sp³-hybridized carbons (Fsp3) is 0.881. The van der Waals surface area contributed by atoms with Gasteiger partial charge in [0.05, 0.1) is 0 Å². The molecule has 11 unspecified atom stereocenters. The van der Waals surface area contributed by atoms with Crippen LogP contribution in [-0.4, -0.2) is 177 Å². The van der Waals surface area contributed by atoms with Crippen LogP contribution in [0, 0.1) is 35.5 Å². The van der Waals surface area contributed by atoms with Gasteiger partial charge >= 0.3 is 94.2 Å². The Kier molecular flexibility index (Phi) is 71.6. The van der Waals surface area contributed by atoms with Gasteiger partial charge in [0.15, 0.2) is 83.2 Å². The molecular weight excluding hydrogens is 2060 g/mol. The molecule has 4 rings (SSSR count). The van der Waals surface area contributed by atoms with E-state index < -0.39 is 177 Å². The van der Waals surface area contributed by atoms with Gasteiger partial charge in [-0.25, -0.2) is 0 Å². The number of hydrogen-bond donors (Lipinski definition) is 0. The third kappa shape index (κ3) is 69.8. The standard InChI is InChI=1S/C50H106O9Si10.C21H44OSi2.3C8H24O2Si3.6CH4/c1-21-27-43-63(15,51-60(7,8)9)55-65(17,45-29-23-3)57-67(19,47-31-25-5)59-68(20,48-32-26-6)58-66(18,46-30-24-4)56-64(16,44-28-22-2)53-62(13,14)54-69(52-61(10,11)12,49-39-35-33-36-40-49)50-41-37-34-38-42-50;1-9-10-19-20(13-16(2)3)18-14-17(21(19)15-18)11-12-24(7,8)22-23(4,5)6;3*1-11(2,3)9-13(7,8)10-12(4,5)6;;;;;;/h33-42H,21-32,43-48H2,1-20H3;16-21H,9-15H2,1-8H3;3*1-8H3;6*1H4. The molecule has 37 heteroatoms. The van der Waals surface area contributed by atoms with Gasteiger partial charge in [-0.3, -0.25) is 0 Å². The summed E-state index contributed by atoms with van der Waals surface area (Å²) in [7, 11) is -44.6. The van der Waals surface area contributed by atoms with E-state index in [1.54, 1.807) is 12.8 Å². The molecule has 16 nitrogen and oxygen atoms in total. The van der Waals surface area contributed by atoms with Gasteiger partial charge in [0, 0.05) is 0 Å². The van der Waals surface area contributed by atoms with Gasteiger partial charge in [-0.1, -0.05) is 264 Å². The number of unbranched alkanes of at least 4 members (excludes halogenated alkanes) is 6. The second kappa shape index (κ2) is 64.5. The van der Waals surface area contributed by atoms with Gasteiger partial charge in [0.2, 0.25) is 0 Å². The van der Waals surface area contributed by atoms with Gasteiger partial charge in [-0.2, -0.15) is 0 Å². The summed E-state index contributed by atoms with van der Waals surface area (Å²) in [5.41, 5.74) is 0. The minimum Gasteiger partial charge on any atom is -0.456 e. The SMILES string of the molecule is C.C.C.C.C.C.CCCC1C(CC(C)C)C2CC(CC[Si](C)(C)O[Si](C)(C)C)C1C2.CCCC[Si](C)(O[Si](C)(C)C)O[Si](C)(CCCC)O[Si](C)(CCCC)O[Si](C)(CCCC)O[Si](C)(CCCC)O[Si](C)(CCCC)O[Si](C)(C)O[Si](O[Si](C)(C)C)(c1ccccc1)c1ccccc1.C[Si](C)(C)O[Si](C)(C)O[Si](C)(C)C.C[Si](C)(C)O[Si](C)(C)O[Si](C)(C)C.C[Si](C)(C)O[Si](C)(C)O[Si](C)(C)C. The van der Waals surface area contributed by atoms with Crippen LogP contribution in [0.3, 0.4) is 0 Å². The van der Waals surface area contributed by atoms with E-state index in [0.29, 0.717) is 0 Å². The summed E-state index contributed by atoms with van der Waals surface area (Å²) in [5, 5.41) is 2.21. The van der Waals surface area contributed by atoms with E-state index in [-0.39, 0.29) is 44.6 Å². The van der Waals surface area contributed by atoms with Crippen LogP contribution in [-0.2, 0) is 65.8 Å². The average molecular weight is 2310 g/mol. The van der Waals surface area contributed by atoms with E-state index in [4.69, 9.17) is 65.8 Å². The molecule has 0 heterocycles. The lowest BCUT2D eigenvalue weighted by Crippen LogP contribution is -2.71. The first-order chi connectivity index (χ1) is 59.2. The normalized spacial score (nSPS) is 19.2. The van der Waals surface area contributed by atoms with Crippen molar-refractivity contribution in [2.75, 3.05) is 0 Å². The summed E-state index contributed by atoms with van der Waals surface area (Å²) < 4.78 is 112. The predicted molar refractivity (Wildman–Crippen MR) is 672 cm³/mol. The van der Waals surface area contributed by atoms with Crippen molar-refractivity contribution in [2.24, 2.45) is 35.5 Å². The molecule has 0 saturated heterocycles. The van der Waals surface area contributed by atoms with E-state index in [2.05, 4.69) is 404 Å². The largest absolute Gasteiger partial charge is 0.456 e. The number of rotatable bonds is 59. The molecule has 11 atom stereocenters. The van der Waals surface area contributed by atoms with Gasteiger partial charge in [-0.05, 0) is 389 Å². The van der Waals surface area contributed by atoms with Crippen molar-refractivity contribution < 1.29 is 65.8 Å². The quantitative estimate of drug-likeness (QED) is 0.0578. The topological polar surface area (TPSA) is 148 Å². The van der Waals surface area contributed by atoms with Crippen LogP contribution in [0.1, 0.15) is 222 Å². The third-order valence-electron chi connectivity index (χ3n) is 22.1. The highest BCUT2D eigenvalue weighted by Crippen LogP contribution is 2.60. The van der Waals surface area contributed by atoms with Crippen molar-refractivity contribution in [1.29, 1.82) is 0 Å². The molecule has 2 fully saturated rings. The van der Waals surface area contributed by atoms with E-state index in [9.17, 15) is 0 Å². The molecule has 0 aromatic heterocycles. The van der Waals surface area contributed by atoms with Crippen LogP contribution >= 0.6 is 0 Å². The molecule has 0 amide bonds. The third-order valence-corrected chi connectivity index (χ3v) is 96.3. The van der Waals surface area contributed by atoms with Crippen molar-refractivity contribution in [3.63, 3.8) is 0 Å². The zero-order valence-corrected chi connectivity index (χ0v) is 118. The molecule has 2 bridgehead atoms. The van der Waals surface area contributed by atoms with E-state index >= 15 is 0 Å². The lowest BCUT2D eigenvalue weighted by atomic mass is 9.69. The minimum atomic E-state index is -3.27. The fourth-order valence-corrected chi connectivity index (χ4v) is 118. The predicted octanol–water partition coefficient (Wildman–Crippen LogP) is 37.2. The van der Waals surface area contributed by atoms with Gasteiger partial charge in [-0.15, -0.1) is 0 Å². The van der Waals surface area contributed by atoms with Crippen LogP contribution < -0.4 is 10.4 Å². The highest BCUT2D eigenvalue weighted by Gasteiger charge is 2.59. The lowest BCUT2D eigenvalue weighted by molar-refractivity contribution is 0.129. The van der Waals surface area contributed by atoms with Gasteiger partial charge in [0.25, 0.3) is 0 Å². The Morgan fingerprint density at radius 2 is 0.471 bits per heavy atom. The first-order valence-corrected chi connectivity index (χ1v) is 115. The summed E-state index contributed by atoms with van der Waals surface area (Å²) in [6.07, 6.45) is 21.7. The van der Waals surface area contributed by atoms with Crippen molar-refractivity contribution in [3.05, 3.63) is 60.7 Å². The van der Waals surface area contributed by atoms with Crippen molar-refractivity contribution in [3.8, 4) is 0 Å². The fourth-order valence-electron chi connectivity index (χ4n) is 20.4. The van der Waals surface area contributed by atoms with Gasteiger partial charge < -0.3 is 65.8 Å². The molecular formula is C101H246O16Si21. The Bertz CT molecular complexity index is 3270.